The molecule has 0 aliphatic carbocycles. The molecule has 22 heavy (non-hydrogen) atoms. The number of benzene rings is 1. The zero-order chi connectivity index (χ0) is 14.7. The predicted molar refractivity (Wildman–Crippen MR) is 83.8 cm³/mol. The number of anilines is 1. The van der Waals surface area contributed by atoms with Crippen molar-refractivity contribution in [3.63, 3.8) is 0 Å². The van der Waals surface area contributed by atoms with E-state index in [4.69, 9.17) is 4.74 Å². The lowest BCUT2D eigenvalue weighted by Crippen LogP contribution is -3.00. The molecule has 5 nitrogen and oxygen atoms in total. The van der Waals surface area contributed by atoms with E-state index < -0.39 is 0 Å². The van der Waals surface area contributed by atoms with Gasteiger partial charge >= 0.3 is 0 Å². The van der Waals surface area contributed by atoms with Gasteiger partial charge in [-0.3, -0.25) is 9.69 Å². The number of thiophene rings is 1. The Morgan fingerprint density at radius 3 is 2.73 bits per heavy atom. The third kappa shape index (κ3) is 3.58. The molecule has 0 unspecified atom stereocenters. The first kappa shape index (κ1) is 16.3. The van der Waals surface area contributed by atoms with Crippen LogP contribution in [0.4, 0.5) is 5.69 Å². The van der Waals surface area contributed by atoms with Gasteiger partial charge < -0.3 is 22.5 Å². The van der Waals surface area contributed by atoms with E-state index >= 15 is 0 Å². The Hall–Kier alpha value is -2.05. The number of nitrogens with one attached hydrogen (secondary N) is 1. The van der Waals surface area contributed by atoms with Crippen molar-refractivity contribution in [2.45, 2.75) is 6.54 Å². The number of halogens is 1. The van der Waals surface area contributed by atoms with Gasteiger partial charge in [0.15, 0.2) is 0 Å². The van der Waals surface area contributed by atoms with Crippen molar-refractivity contribution < 1.29 is 21.9 Å². The average Bonchev–Trinajstić information content (AvgIpc) is 3.13. The van der Waals surface area contributed by atoms with Crippen molar-refractivity contribution in [3.05, 3.63) is 46.7 Å². The summed E-state index contributed by atoms with van der Waals surface area (Å²) < 4.78 is 5.13. The second-order valence-corrected chi connectivity index (χ2v) is 5.58. The molecular formula is C15H15ClN3O2S-. The summed E-state index contributed by atoms with van der Waals surface area (Å²) in [5.74, 6) is 1.40. The number of guanidine groups is 1. The molecule has 1 aromatic carbocycles. The fraction of sp³-hybridized carbons (Fsp3) is 0.200. The van der Waals surface area contributed by atoms with Gasteiger partial charge in [0, 0.05) is 10.6 Å². The van der Waals surface area contributed by atoms with Gasteiger partial charge in [-0.25, -0.2) is 4.99 Å². The summed E-state index contributed by atoms with van der Waals surface area (Å²) in [5, 5.41) is 5.19. The maximum Gasteiger partial charge on any atom is 0.251 e. The monoisotopic (exact) mass is 336 g/mol. The quantitative estimate of drug-likeness (QED) is 0.824. The van der Waals surface area contributed by atoms with Gasteiger partial charge in [-0.15, -0.1) is 11.3 Å². The van der Waals surface area contributed by atoms with Crippen molar-refractivity contribution in [2.24, 2.45) is 4.99 Å². The summed E-state index contributed by atoms with van der Waals surface area (Å²) in [6.07, 6.45) is 0. The van der Waals surface area contributed by atoms with Crippen LogP contribution in [0.15, 0.2) is 46.8 Å². The fourth-order valence-electron chi connectivity index (χ4n) is 2.06. The van der Waals surface area contributed by atoms with Gasteiger partial charge in [0.1, 0.15) is 12.3 Å². The van der Waals surface area contributed by atoms with Crippen molar-refractivity contribution in [2.75, 3.05) is 19.0 Å². The molecule has 1 N–H and O–H groups in total. The topological polar surface area (TPSA) is 53.9 Å². The van der Waals surface area contributed by atoms with Crippen LogP contribution in [0.2, 0.25) is 0 Å². The highest BCUT2D eigenvalue weighted by Gasteiger charge is 2.25. The first-order valence-electron chi connectivity index (χ1n) is 6.54. The summed E-state index contributed by atoms with van der Waals surface area (Å²) in [5.41, 5.74) is 0.875. The molecule has 0 fully saturated rings. The maximum atomic E-state index is 12.0. The Morgan fingerprint density at radius 2 is 2.09 bits per heavy atom. The normalized spacial score (nSPS) is 13.6. The molecule has 0 radical (unpaired) electrons. The van der Waals surface area contributed by atoms with E-state index in [2.05, 4.69) is 10.3 Å². The molecule has 0 bridgehead atoms. The number of ether oxygens (including phenoxy) is 1. The lowest BCUT2D eigenvalue weighted by Gasteiger charge is -2.18. The summed E-state index contributed by atoms with van der Waals surface area (Å²) in [6, 6.07) is 11.5. The highest BCUT2D eigenvalue weighted by molar-refractivity contribution is 7.09. The molecule has 1 aromatic heterocycles. The number of methoxy groups -OCH3 is 1. The van der Waals surface area contributed by atoms with Crippen molar-refractivity contribution >= 4 is 28.9 Å². The number of carbonyl (C=O) groups is 1. The van der Waals surface area contributed by atoms with E-state index in [1.807, 2.05) is 41.8 Å². The van der Waals surface area contributed by atoms with E-state index in [-0.39, 0.29) is 24.9 Å². The van der Waals surface area contributed by atoms with Crippen LogP contribution in [0.25, 0.3) is 0 Å². The van der Waals surface area contributed by atoms with Gasteiger partial charge in [-0.1, -0.05) is 6.07 Å². The van der Waals surface area contributed by atoms with E-state index in [0.717, 1.165) is 16.3 Å². The first-order chi connectivity index (χ1) is 10.3. The minimum atomic E-state index is 0. The fourth-order valence-corrected chi connectivity index (χ4v) is 2.76. The molecule has 0 spiro atoms. The van der Waals surface area contributed by atoms with Crippen LogP contribution in [0, 0.1) is 0 Å². The lowest BCUT2D eigenvalue weighted by molar-refractivity contribution is -0.125. The molecular weight excluding hydrogens is 322 g/mol. The number of carbonyl (C=O) groups excluding carboxylic acids is 1. The summed E-state index contributed by atoms with van der Waals surface area (Å²) in [4.78, 5) is 19.0. The first-order valence-corrected chi connectivity index (χ1v) is 7.42. The Kier molecular flexibility index (Phi) is 5.41. The smallest absolute Gasteiger partial charge is 0.251 e. The number of rotatable bonds is 4. The van der Waals surface area contributed by atoms with E-state index in [1.54, 1.807) is 23.3 Å². The van der Waals surface area contributed by atoms with E-state index in [1.165, 1.54) is 0 Å². The second-order valence-electron chi connectivity index (χ2n) is 4.55. The van der Waals surface area contributed by atoms with Gasteiger partial charge in [0.25, 0.3) is 5.91 Å². The molecule has 3 rings (SSSR count). The molecule has 1 amide bonds. The Labute approximate surface area is 139 Å². The van der Waals surface area contributed by atoms with Crippen molar-refractivity contribution in [1.82, 2.24) is 4.90 Å². The van der Waals surface area contributed by atoms with Crippen LogP contribution in [0.1, 0.15) is 4.88 Å². The van der Waals surface area contributed by atoms with Gasteiger partial charge in [0.05, 0.1) is 13.7 Å². The third-order valence-electron chi connectivity index (χ3n) is 3.16. The zero-order valence-corrected chi connectivity index (χ0v) is 13.5. The minimum Gasteiger partial charge on any atom is -1.00 e. The molecule has 1 aliphatic rings. The number of hydrogen-bond donors (Lipinski definition) is 1. The molecule has 7 heteroatoms. The molecule has 116 valence electrons. The predicted octanol–water partition coefficient (Wildman–Crippen LogP) is -0.429. The van der Waals surface area contributed by atoms with E-state index in [9.17, 15) is 4.79 Å². The summed E-state index contributed by atoms with van der Waals surface area (Å²) in [7, 11) is 1.63. The summed E-state index contributed by atoms with van der Waals surface area (Å²) >= 11 is 1.63. The molecule has 0 saturated carbocycles. The van der Waals surface area contributed by atoms with Crippen LogP contribution in [-0.4, -0.2) is 30.4 Å². The lowest BCUT2D eigenvalue weighted by atomic mass is 10.3. The largest absolute Gasteiger partial charge is 1.00 e. The highest BCUT2D eigenvalue weighted by Crippen LogP contribution is 2.19. The van der Waals surface area contributed by atoms with Crippen LogP contribution < -0.4 is 22.5 Å². The molecule has 0 atom stereocenters. The molecule has 2 aromatic rings. The molecule has 1 aliphatic heterocycles. The number of nitrogens with zero attached hydrogens (tertiary/aromatic N) is 2. The number of aliphatic imine (C=N–C) groups is 1. The highest BCUT2D eigenvalue weighted by atomic mass is 35.5. The molecule has 2 heterocycles. The number of hydrogen-bond acceptors (Lipinski definition) is 5. The third-order valence-corrected chi connectivity index (χ3v) is 4.02. The van der Waals surface area contributed by atoms with Gasteiger partial charge in [-0.05, 0) is 35.7 Å². The maximum absolute atomic E-state index is 12.0. The van der Waals surface area contributed by atoms with E-state index in [0.29, 0.717) is 12.5 Å². The Bertz CT molecular complexity index is 656. The van der Waals surface area contributed by atoms with Crippen LogP contribution in [-0.2, 0) is 11.3 Å². The summed E-state index contributed by atoms with van der Waals surface area (Å²) in [6.45, 7) is 0.752. The zero-order valence-electron chi connectivity index (χ0n) is 12.0. The Morgan fingerprint density at radius 1 is 1.32 bits per heavy atom. The average molecular weight is 337 g/mol. The SMILES string of the molecule is COc1ccc(NC2=NCC(=O)N2Cc2cccs2)cc1.[Cl-]. The molecule has 0 saturated heterocycles. The number of amides is 1. The van der Waals surface area contributed by atoms with Crippen LogP contribution in [0.5, 0.6) is 5.75 Å². The Balaban J connectivity index is 0.00000176. The van der Waals surface area contributed by atoms with Crippen molar-refractivity contribution in [1.29, 1.82) is 0 Å². The van der Waals surface area contributed by atoms with Crippen molar-refractivity contribution in [3.8, 4) is 5.75 Å². The van der Waals surface area contributed by atoms with Gasteiger partial charge in [0.2, 0.25) is 5.96 Å². The second kappa shape index (κ2) is 7.29. The van der Waals surface area contributed by atoms with Gasteiger partial charge in [-0.2, -0.15) is 0 Å². The van der Waals surface area contributed by atoms with Crippen LogP contribution in [0.3, 0.4) is 0 Å². The minimum absolute atomic E-state index is 0. The van der Waals surface area contributed by atoms with Crippen LogP contribution >= 0.6 is 11.3 Å². The standard InChI is InChI=1S/C15H15N3O2S.ClH/c1-20-12-6-4-11(5-7-12)17-15-16-9-14(19)18(15)10-13-3-2-8-21-13;/h2-8H,9-10H2,1H3,(H,16,17);1H/p-1.